The van der Waals surface area contributed by atoms with Gasteiger partial charge in [0.1, 0.15) is 5.00 Å². The van der Waals surface area contributed by atoms with Crippen molar-refractivity contribution < 1.29 is 9.59 Å². The van der Waals surface area contributed by atoms with E-state index in [-0.39, 0.29) is 5.91 Å². The van der Waals surface area contributed by atoms with Crippen molar-refractivity contribution in [3.63, 3.8) is 0 Å². The summed E-state index contributed by atoms with van der Waals surface area (Å²) in [5.41, 5.74) is 11.2. The second-order valence-electron chi connectivity index (χ2n) is 8.40. The average molecular weight is 452 g/mol. The summed E-state index contributed by atoms with van der Waals surface area (Å²) in [4.78, 5) is 28.2. The standard InChI is InChI=1S/C24H29N5O2S/c1-14-19(15(2)29(27-14)17-9-6-5-7-10-17)13-28(4)16(3)23(31)26-24-21(22(25)30)18-11-8-12-20(18)32-24/h5-7,9-10,16H,8,11-13H2,1-4H3,(H2,25,30)(H,26,31). The molecule has 1 unspecified atom stereocenters. The molecule has 32 heavy (non-hydrogen) atoms. The van der Waals surface area contributed by atoms with E-state index in [4.69, 9.17) is 10.8 Å². The molecule has 2 amide bonds. The minimum atomic E-state index is -0.472. The van der Waals surface area contributed by atoms with Gasteiger partial charge < -0.3 is 11.1 Å². The van der Waals surface area contributed by atoms with Crippen molar-refractivity contribution in [2.75, 3.05) is 12.4 Å². The Kier molecular flexibility index (Phi) is 6.17. The van der Waals surface area contributed by atoms with Crippen LogP contribution in [0.2, 0.25) is 0 Å². The van der Waals surface area contributed by atoms with Crippen molar-refractivity contribution in [2.45, 2.75) is 52.6 Å². The van der Waals surface area contributed by atoms with Crippen LogP contribution in [0.5, 0.6) is 0 Å². The van der Waals surface area contributed by atoms with Crippen molar-refractivity contribution in [1.82, 2.24) is 14.7 Å². The summed E-state index contributed by atoms with van der Waals surface area (Å²) in [6.45, 7) is 6.50. The van der Waals surface area contributed by atoms with Gasteiger partial charge in [0, 0.05) is 22.7 Å². The van der Waals surface area contributed by atoms with Crippen molar-refractivity contribution >= 4 is 28.2 Å². The third-order valence-electron chi connectivity index (χ3n) is 6.29. The van der Waals surface area contributed by atoms with Crippen molar-refractivity contribution in [3.8, 4) is 5.69 Å². The van der Waals surface area contributed by atoms with Gasteiger partial charge in [-0.25, -0.2) is 4.68 Å². The summed E-state index contributed by atoms with van der Waals surface area (Å²) in [6.07, 6.45) is 2.82. The van der Waals surface area contributed by atoms with E-state index < -0.39 is 11.9 Å². The number of para-hydroxylation sites is 1. The van der Waals surface area contributed by atoms with Crippen LogP contribution in [0.15, 0.2) is 30.3 Å². The van der Waals surface area contributed by atoms with E-state index in [0.717, 1.165) is 52.3 Å². The molecule has 4 rings (SSSR count). The predicted octanol–water partition coefficient (Wildman–Crippen LogP) is 3.60. The van der Waals surface area contributed by atoms with Gasteiger partial charge in [-0.2, -0.15) is 5.10 Å². The number of aryl methyl sites for hydroxylation is 2. The molecule has 0 radical (unpaired) electrons. The number of thiophene rings is 1. The van der Waals surface area contributed by atoms with E-state index in [2.05, 4.69) is 5.32 Å². The number of amides is 2. The zero-order chi connectivity index (χ0) is 23.0. The van der Waals surface area contributed by atoms with Gasteiger partial charge in [-0.05, 0) is 64.8 Å². The van der Waals surface area contributed by atoms with Crippen LogP contribution in [0, 0.1) is 13.8 Å². The first-order valence-electron chi connectivity index (χ1n) is 10.8. The van der Waals surface area contributed by atoms with Gasteiger partial charge >= 0.3 is 0 Å². The largest absolute Gasteiger partial charge is 0.365 e. The first-order chi connectivity index (χ1) is 15.3. The Labute approximate surface area is 192 Å². The molecule has 2 aromatic heterocycles. The molecule has 1 aliphatic rings. The molecule has 2 heterocycles. The Morgan fingerprint density at radius 1 is 1.25 bits per heavy atom. The number of aromatic nitrogens is 2. The number of hydrogen-bond donors (Lipinski definition) is 2. The maximum atomic E-state index is 13.0. The van der Waals surface area contributed by atoms with Crippen LogP contribution in [0.4, 0.5) is 5.00 Å². The van der Waals surface area contributed by atoms with Gasteiger partial charge in [0.2, 0.25) is 5.91 Å². The Hall–Kier alpha value is -2.97. The summed E-state index contributed by atoms with van der Waals surface area (Å²) < 4.78 is 1.94. The van der Waals surface area contributed by atoms with Gasteiger partial charge in [0.05, 0.1) is 23.0 Å². The van der Waals surface area contributed by atoms with Crippen LogP contribution in [-0.4, -0.2) is 39.6 Å². The average Bonchev–Trinajstić information content (AvgIpc) is 3.42. The van der Waals surface area contributed by atoms with Gasteiger partial charge in [-0.15, -0.1) is 11.3 Å². The summed E-state index contributed by atoms with van der Waals surface area (Å²) in [7, 11) is 1.92. The minimum Gasteiger partial charge on any atom is -0.365 e. The lowest BCUT2D eigenvalue weighted by atomic mass is 10.1. The first-order valence-corrected chi connectivity index (χ1v) is 11.7. The number of likely N-dealkylation sites (N-methyl/N-ethyl adjacent to an activating group) is 1. The van der Waals surface area contributed by atoms with E-state index in [1.807, 2.05) is 67.7 Å². The lowest BCUT2D eigenvalue weighted by molar-refractivity contribution is -0.120. The zero-order valence-corrected chi connectivity index (χ0v) is 19.8. The fourth-order valence-electron chi connectivity index (χ4n) is 4.28. The summed E-state index contributed by atoms with van der Waals surface area (Å²) in [6, 6.07) is 9.62. The molecule has 0 saturated heterocycles. The lowest BCUT2D eigenvalue weighted by Crippen LogP contribution is -2.39. The molecule has 0 saturated carbocycles. The van der Waals surface area contributed by atoms with E-state index in [1.165, 1.54) is 11.3 Å². The SMILES string of the molecule is Cc1nn(-c2ccccc2)c(C)c1CN(C)C(C)C(=O)Nc1sc2c(c1C(N)=O)CCC2. The number of carbonyl (C=O) groups excluding carboxylic acids is 2. The van der Waals surface area contributed by atoms with E-state index in [0.29, 0.717) is 17.1 Å². The Balaban J connectivity index is 1.49. The fraction of sp³-hybridized carbons (Fsp3) is 0.375. The maximum absolute atomic E-state index is 13.0. The Morgan fingerprint density at radius 2 is 1.97 bits per heavy atom. The molecule has 0 spiro atoms. The molecule has 0 fully saturated rings. The number of nitrogens with zero attached hydrogens (tertiary/aromatic N) is 3. The Bertz CT molecular complexity index is 1170. The first kappa shape index (κ1) is 22.2. The van der Waals surface area contributed by atoms with Crippen LogP contribution in [0.25, 0.3) is 5.69 Å². The molecule has 3 N–H and O–H groups in total. The molecule has 8 heteroatoms. The second-order valence-corrected chi connectivity index (χ2v) is 9.51. The molecule has 168 valence electrons. The van der Waals surface area contributed by atoms with Crippen LogP contribution >= 0.6 is 11.3 Å². The highest BCUT2D eigenvalue weighted by atomic mass is 32.1. The molecule has 3 aromatic rings. The van der Waals surface area contributed by atoms with Crippen molar-refractivity contribution in [2.24, 2.45) is 5.73 Å². The third-order valence-corrected chi connectivity index (χ3v) is 7.50. The Morgan fingerprint density at radius 3 is 2.66 bits per heavy atom. The number of anilines is 1. The number of fused-ring (bicyclic) bond motifs is 1. The van der Waals surface area contributed by atoms with E-state index >= 15 is 0 Å². The second kappa shape index (κ2) is 8.88. The highest BCUT2D eigenvalue weighted by Gasteiger charge is 2.28. The van der Waals surface area contributed by atoms with Gasteiger partial charge in [-0.3, -0.25) is 14.5 Å². The van der Waals surface area contributed by atoms with Crippen LogP contribution < -0.4 is 11.1 Å². The number of carbonyl (C=O) groups is 2. The highest BCUT2D eigenvalue weighted by molar-refractivity contribution is 7.17. The molecule has 0 aliphatic heterocycles. The summed E-state index contributed by atoms with van der Waals surface area (Å²) in [5.74, 6) is -0.624. The predicted molar refractivity (Wildman–Crippen MR) is 127 cm³/mol. The van der Waals surface area contributed by atoms with Crippen LogP contribution in [0.1, 0.15) is 51.1 Å². The summed E-state index contributed by atoms with van der Waals surface area (Å²) >= 11 is 1.48. The maximum Gasteiger partial charge on any atom is 0.251 e. The van der Waals surface area contributed by atoms with Gasteiger partial charge in [0.15, 0.2) is 0 Å². The molecule has 1 atom stereocenters. The molecule has 7 nitrogen and oxygen atoms in total. The van der Waals surface area contributed by atoms with E-state index in [9.17, 15) is 9.59 Å². The quantitative estimate of drug-likeness (QED) is 0.574. The number of primary amides is 1. The van der Waals surface area contributed by atoms with Crippen molar-refractivity contribution in [3.05, 3.63) is 63.3 Å². The normalized spacial score (nSPS) is 13.9. The van der Waals surface area contributed by atoms with E-state index in [1.54, 1.807) is 0 Å². The summed E-state index contributed by atoms with van der Waals surface area (Å²) in [5, 5.41) is 8.25. The molecular weight excluding hydrogens is 422 g/mol. The number of nitrogens with one attached hydrogen (secondary N) is 1. The number of nitrogens with two attached hydrogens (primary N) is 1. The van der Waals surface area contributed by atoms with Crippen LogP contribution in [-0.2, 0) is 24.2 Å². The zero-order valence-electron chi connectivity index (χ0n) is 18.9. The lowest BCUT2D eigenvalue weighted by Gasteiger charge is -2.24. The number of hydrogen-bond acceptors (Lipinski definition) is 5. The third kappa shape index (κ3) is 4.08. The topological polar surface area (TPSA) is 93.2 Å². The van der Waals surface area contributed by atoms with Crippen molar-refractivity contribution in [1.29, 1.82) is 0 Å². The van der Waals surface area contributed by atoms with Gasteiger partial charge in [0.25, 0.3) is 5.91 Å². The van der Waals surface area contributed by atoms with Gasteiger partial charge in [-0.1, -0.05) is 18.2 Å². The van der Waals surface area contributed by atoms with Crippen LogP contribution in [0.3, 0.4) is 0 Å². The molecule has 1 aliphatic carbocycles. The minimum absolute atomic E-state index is 0.152. The monoisotopic (exact) mass is 451 g/mol. The molecule has 1 aromatic carbocycles. The fourth-order valence-corrected chi connectivity index (χ4v) is 5.58. The smallest absolute Gasteiger partial charge is 0.251 e. The molecule has 0 bridgehead atoms. The number of rotatable bonds is 7. The highest BCUT2D eigenvalue weighted by Crippen LogP contribution is 2.39. The number of benzene rings is 1. The molecular formula is C24H29N5O2S.